The van der Waals surface area contributed by atoms with Gasteiger partial charge in [-0.2, -0.15) is 0 Å². The Kier molecular flexibility index (Phi) is 4.89. The summed E-state index contributed by atoms with van der Waals surface area (Å²) in [5.74, 6) is -1.55. The van der Waals surface area contributed by atoms with Crippen LogP contribution in [0.2, 0.25) is 0 Å². The van der Waals surface area contributed by atoms with Crippen LogP contribution in [-0.4, -0.2) is 24.8 Å². The van der Waals surface area contributed by atoms with Gasteiger partial charge < -0.3 is 4.74 Å². The Morgan fingerprint density at radius 1 is 1.44 bits per heavy atom. The molecule has 0 aliphatic heterocycles. The molecule has 0 aliphatic carbocycles. The van der Waals surface area contributed by atoms with Crippen molar-refractivity contribution in [1.29, 1.82) is 0 Å². The molecule has 0 amide bonds. The normalized spacial score (nSPS) is 12.5. The fraction of sp³-hybridized carbons (Fsp3) is 0.364. The quantitative estimate of drug-likeness (QED) is 0.585. The highest BCUT2D eigenvalue weighted by atomic mass is 32.1. The highest BCUT2D eigenvalue weighted by molar-refractivity contribution is 7.81. The molecule has 1 aromatic rings. The zero-order chi connectivity index (χ0) is 12.1. The van der Waals surface area contributed by atoms with E-state index in [9.17, 15) is 13.2 Å². The van der Waals surface area contributed by atoms with Crippen LogP contribution in [0.3, 0.4) is 0 Å². The predicted octanol–water partition coefficient (Wildman–Crippen LogP) is 3.06. The Balaban J connectivity index is 2.79. The largest absolute Gasteiger partial charge is 0.385 e. The number of thiocarbonyl (C=S) groups is 1. The first kappa shape index (κ1) is 13.1. The van der Waals surface area contributed by atoms with Gasteiger partial charge in [0, 0.05) is 31.8 Å². The number of hydrogen-bond donors (Lipinski definition) is 0. The number of methoxy groups -OCH3 is 1. The molecule has 1 nitrogen and oxygen atoms in total. The minimum Gasteiger partial charge on any atom is -0.385 e. The van der Waals surface area contributed by atoms with Crippen LogP contribution in [0.15, 0.2) is 18.2 Å². The summed E-state index contributed by atoms with van der Waals surface area (Å²) >= 11 is 4.79. The SMILES string of the molecule is COCCC(F)C(=S)c1ccc(F)cc1F. The van der Waals surface area contributed by atoms with Crippen LogP contribution in [-0.2, 0) is 4.74 Å². The van der Waals surface area contributed by atoms with Gasteiger partial charge in [0.2, 0.25) is 0 Å². The van der Waals surface area contributed by atoms with Crippen molar-refractivity contribution in [2.45, 2.75) is 12.6 Å². The summed E-state index contributed by atoms with van der Waals surface area (Å²) in [6, 6.07) is 2.88. The number of hydrogen-bond acceptors (Lipinski definition) is 2. The second-order valence-corrected chi connectivity index (χ2v) is 3.68. The molecule has 0 radical (unpaired) electrons. The van der Waals surface area contributed by atoms with Crippen molar-refractivity contribution in [2.75, 3.05) is 13.7 Å². The van der Waals surface area contributed by atoms with Gasteiger partial charge in [-0.25, -0.2) is 13.2 Å². The molecule has 5 heteroatoms. The molecule has 0 spiro atoms. The molecule has 16 heavy (non-hydrogen) atoms. The molecule has 0 saturated carbocycles. The van der Waals surface area contributed by atoms with Gasteiger partial charge in [-0.3, -0.25) is 0 Å². The maximum atomic E-state index is 13.5. The Hall–Kier alpha value is -0.940. The zero-order valence-electron chi connectivity index (χ0n) is 8.67. The lowest BCUT2D eigenvalue weighted by Gasteiger charge is -2.10. The summed E-state index contributed by atoms with van der Waals surface area (Å²) in [4.78, 5) is -0.158. The topological polar surface area (TPSA) is 9.23 Å². The highest BCUT2D eigenvalue weighted by Crippen LogP contribution is 2.16. The lowest BCUT2D eigenvalue weighted by Crippen LogP contribution is -2.18. The smallest absolute Gasteiger partial charge is 0.138 e. The molecule has 1 aromatic carbocycles. The summed E-state index contributed by atoms with van der Waals surface area (Å²) in [6.45, 7) is 0.199. The molecule has 1 unspecified atom stereocenters. The molecule has 1 atom stereocenters. The molecule has 0 saturated heterocycles. The molecule has 0 N–H and O–H groups in total. The third kappa shape index (κ3) is 3.28. The van der Waals surface area contributed by atoms with Crippen LogP contribution in [0.4, 0.5) is 13.2 Å². The molecule has 0 aliphatic rings. The molecular formula is C11H11F3OS. The maximum Gasteiger partial charge on any atom is 0.138 e. The van der Waals surface area contributed by atoms with Crippen molar-refractivity contribution >= 4 is 17.1 Å². The fourth-order valence-corrected chi connectivity index (χ4v) is 1.49. The van der Waals surface area contributed by atoms with Gasteiger partial charge in [0.05, 0.1) is 4.86 Å². The monoisotopic (exact) mass is 248 g/mol. The number of benzene rings is 1. The Bertz CT molecular complexity index is 381. The third-order valence-corrected chi connectivity index (χ3v) is 2.53. The predicted molar refractivity (Wildman–Crippen MR) is 59.4 cm³/mol. The minimum atomic E-state index is -1.46. The Morgan fingerprint density at radius 2 is 2.12 bits per heavy atom. The van der Waals surface area contributed by atoms with Gasteiger partial charge in [0.15, 0.2) is 0 Å². The van der Waals surface area contributed by atoms with Crippen molar-refractivity contribution in [3.8, 4) is 0 Å². The lowest BCUT2D eigenvalue weighted by atomic mass is 10.1. The minimum absolute atomic E-state index is 0.0617. The summed E-state index contributed by atoms with van der Waals surface area (Å²) in [6.07, 6.45) is -1.40. The van der Waals surface area contributed by atoms with Crippen LogP contribution in [0.1, 0.15) is 12.0 Å². The average molecular weight is 248 g/mol. The molecule has 0 aromatic heterocycles. The van der Waals surface area contributed by atoms with Crippen LogP contribution in [0.25, 0.3) is 0 Å². The second kappa shape index (κ2) is 5.96. The van der Waals surface area contributed by atoms with Crippen LogP contribution < -0.4 is 0 Å². The molecule has 0 fully saturated rings. The van der Waals surface area contributed by atoms with Crippen molar-refractivity contribution in [3.05, 3.63) is 35.4 Å². The van der Waals surface area contributed by atoms with E-state index >= 15 is 0 Å². The standard InChI is InChI=1S/C11H11F3OS/c1-15-5-4-9(13)11(16)8-3-2-7(12)6-10(8)14/h2-3,6,9H,4-5H2,1H3. The maximum absolute atomic E-state index is 13.5. The van der Waals surface area contributed by atoms with E-state index in [0.717, 1.165) is 12.1 Å². The van der Waals surface area contributed by atoms with Crippen LogP contribution in [0.5, 0.6) is 0 Å². The summed E-state index contributed by atoms with van der Waals surface area (Å²) < 4.78 is 44.0. The van der Waals surface area contributed by atoms with E-state index in [1.165, 1.54) is 7.11 Å². The van der Waals surface area contributed by atoms with Gasteiger partial charge in [0.1, 0.15) is 17.8 Å². The van der Waals surface area contributed by atoms with E-state index in [4.69, 9.17) is 17.0 Å². The van der Waals surface area contributed by atoms with Gasteiger partial charge >= 0.3 is 0 Å². The molecular weight excluding hydrogens is 237 g/mol. The first-order valence-electron chi connectivity index (χ1n) is 4.68. The summed E-state index contributed by atoms with van der Waals surface area (Å²) in [5.41, 5.74) is -0.0694. The first-order chi connectivity index (χ1) is 7.56. The fourth-order valence-electron chi connectivity index (χ4n) is 1.21. The zero-order valence-corrected chi connectivity index (χ0v) is 9.49. The Morgan fingerprint density at radius 3 is 2.69 bits per heavy atom. The molecule has 1 rings (SSSR count). The molecule has 0 heterocycles. The van der Waals surface area contributed by atoms with E-state index in [1.807, 2.05) is 0 Å². The second-order valence-electron chi connectivity index (χ2n) is 3.24. The van der Waals surface area contributed by atoms with Crippen molar-refractivity contribution < 1.29 is 17.9 Å². The van der Waals surface area contributed by atoms with Gasteiger partial charge in [-0.05, 0) is 12.1 Å². The van der Waals surface area contributed by atoms with Crippen LogP contribution in [0, 0.1) is 11.6 Å². The number of halogens is 3. The third-order valence-electron chi connectivity index (χ3n) is 2.06. The molecule has 88 valence electrons. The van der Waals surface area contributed by atoms with Gasteiger partial charge in [-0.15, -0.1) is 0 Å². The van der Waals surface area contributed by atoms with E-state index < -0.39 is 17.8 Å². The summed E-state index contributed by atoms with van der Waals surface area (Å²) in [7, 11) is 1.44. The van der Waals surface area contributed by atoms with Crippen molar-refractivity contribution in [1.82, 2.24) is 0 Å². The summed E-state index contributed by atoms with van der Waals surface area (Å²) in [5, 5.41) is 0. The number of rotatable bonds is 5. The number of alkyl halides is 1. The van der Waals surface area contributed by atoms with Crippen LogP contribution >= 0.6 is 12.2 Å². The number of ether oxygens (including phenoxy) is 1. The van der Waals surface area contributed by atoms with E-state index in [1.54, 1.807) is 0 Å². The van der Waals surface area contributed by atoms with E-state index in [2.05, 4.69) is 0 Å². The Labute approximate surface area is 97.2 Å². The lowest BCUT2D eigenvalue weighted by molar-refractivity contribution is 0.177. The highest BCUT2D eigenvalue weighted by Gasteiger charge is 2.18. The molecule has 0 bridgehead atoms. The first-order valence-corrected chi connectivity index (χ1v) is 5.09. The van der Waals surface area contributed by atoms with Gasteiger partial charge in [0.25, 0.3) is 0 Å². The van der Waals surface area contributed by atoms with Gasteiger partial charge in [-0.1, -0.05) is 12.2 Å². The average Bonchev–Trinajstić information content (AvgIpc) is 2.25. The van der Waals surface area contributed by atoms with E-state index in [0.29, 0.717) is 6.07 Å². The van der Waals surface area contributed by atoms with Crippen molar-refractivity contribution in [3.63, 3.8) is 0 Å². The van der Waals surface area contributed by atoms with Crippen molar-refractivity contribution in [2.24, 2.45) is 0 Å². The van der Waals surface area contributed by atoms with E-state index in [-0.39, 0.29) is 23.5 Å².